The molecule has 0 aliphatic rings. The molecule has 0 radical (unpaired) electrons. The van der Waals surface area contributed by atoms with Crippen LogP contribution in [0.4, 0.5) is 8.78 Å². The van der Waals surface area contributed by atoms with E-state index in [-0.39, 0.29) is 42.0 Å². The largest absolute Gasteiger partial charge is 0.357 e. The van der Waals surface area contributed by atoms with E-state index in [1.807, 2.05) is 13.0 Å². The molecule has 1 amide bonds. The summed E-state index contributed by atoms with van der Waals surface area (Å²) in [5.74, 6) is -0.694. The Balaban J connectivity index is 0.00000364. The van der Waals surface area contributed by atoms with Crippen LogP contribution in [0.5, 0.6) is 0 Å². The van der Waals surface area contributed by atoms with E-state index in [4.69, 9.17) is 0 Å². The predicted molar refractivity (Wildman–Crippen MR) is 113 cm³/mol. The average molecular weight is 488 g/mol. The van der Waals surface area contributed by atoms with Crippen molar-refractivity contribution in [3.63, 3.8) is 0 Å². The number of guanidine groups is 1. The fourth-order valence-electron chi connectivity index (χ4n) is 2.22. The number of halogens is 3. The second kappa shape index (κ2) is 12.2. The Kier molecular flexibility index (Phi) is 10.3. The van der Waals surface area contributed by atoms with Crippen molar-refractivity contribution in [1.29, 1.82) is 0 Å². The van der Waals surface area contributed by atoms with Crippen molar-refractivity contribution in [2.24, 2.45) is 4.99 Å². The summed E-state index contributed by atoms with van der Waals surface area (Å²) in [7, 11) is 0. The topological polar surface area (TPSA) is 65.5 Å². The first kappa shape index (κ1) is 22.8. The van der Waals surface area contributed by atoms with Gasteiger partial charge in [-0.05, 0) is 37.3 Å². The lowest BCUT2D eigenvalue weighted by Crippen LogP contribution is -2.41. The Hall–Kier alpha value is -2.23. The van der Waals surface area contributed by atoms with Crippen molar-refractivity contribution >= 4 is 35.8 Å². The number of rotatable bonds is 7. The van der Waals surface area contributed by atoms with Gasteiger partial charge in [-0.2, -0.15) is 0 Å². The van der Waals surface area contributed by atoms with Gasteiger partial charge in [-0.3, -0.25) is 4.79 Å². The molecule has 0 spiro atoms. The van der Waals surface area contributed by atoms with Crippen LogP contribution in [0.15, 0.2) is 53.5 Å². The number of carbonyl (C=O) groups excluding carboxylic acids is 1. The summed E-state index contributed by atoms with van der Waals surface area (Å²) >= 11 is 0. The average Bonchev–Trinajstić information content (AvgIpc) is 2.66. The molecular weight excluding hydrogens is 465 g/mol. The molecule has 2 rings (SSSR count). The van der Waals surface area contributed by atoms with E-state index in [9.17, 15) is 13.6 Å². The molecule has 0 unspecified atom stereocenters. The van der Waals surface area contributed by atoms with Crippen LogP contribution >= 0.6 is 24.0 Å². The molecule has 0 aliphatic heterocycles. The van der Waals surface area contributed by atoms with Crippen molar-refractivity contribution < 1.29 is 13.6 Å². The van der Waals surface area contributed by atoms with Gasteiger partial charge in [0, 0.05) is 30.8 Å². The van der Waals surface area contributed by atoms with Crippen LogP contribution < -0.4 is 16.0 Å². The summed E-state index contributed by atoms with van der Waals surface area (Å²) in [5, 5.41) is 8.85. The Morgan fingerprint density at radius 2 is 1.70 bits per heavy atom. The maximum Gasteiger partial charge on any atom is 0.251 e. The molecule has 3 N–H and O–H groups in total. The van der Waals surface area contributed by atoms with E-state index in [1.54, 1.807) is 24.3 Å². The third-order valence-electron chi connectivity index (χ3n) is 3.50. The zero-order chi connectivity index (χ0) is 18.8. The molecule has 0 bridgehead atoms. The number of carbonyl (C=O) groups is 1. The molecule has 2 aromatic carbocycles. The lowest BCUT2D eigenvalue weighted by molar-refractivity contribution is 0.0954. The van der Waals surface area contributed by atoms with Crippen LogP contribution in [-0.4, -0.2) is 31.5 Å². The monoisotopic (exact) mass is 488 g/mol. The molecular formula is C19H23F2IN4O. The summed E-state index contributed by atoms with van der Waals surface area (Å²) in [5.41, 5.74) is 0.772. The number of benzene rings is 2. The number of amides is 1. The van der Waals surface area contributed by atoms with Crippen LogP contribution in [-0.2, 0) is 6.54 Å². The van der Waals surface area contributed by atoms with E-state index in [0.29, 0.717) is 31.2 Å². The van der Waals surface area contributed by atoms with Crippen molar-refractivity contribution in [3.8, 4) is 0 Å². The van der Waals surface area contributed by atoms with E-state index in [0.717, 1.165) is 18.2 Å². The summed E-state index contributed by atoms with van der Waals surface area (Å²) in [6.45, 7) is 3.36. The number of hydrogen-bond acceptors (Lipinski definition) is 2. The highest BCUT2D eigenvalue weighted by Gasteiger charge is 2.05. The van der Waals surface area contributed by atoms with Gasteiger partial charge >= 0.3 is 0 Å². The third kappa shape index (κ3) is 7.90. The highest BCUT2D eigenvalue weighted by atomic mass is 127. The number of nitrogens with one attached hydrogen (secondary N) is 3. The second-order valence-electron chi connectivity index (χ2n) is 5.48. The van der Waals surface area contributed by atoms with Gasteiger partial charge in [0.05, 0.1) is 6.54 Å². The summed E-state index contributed by atoms with van der Waals surface area (Å²) in [6.07, 6.45) is 0. The van der Waals surface area contributed by atoms with Crippen molar-refractivity contribution in [2.45, 2.75) is 13.5 Å². The minimum absolute atomic E-state index is 0. The molecule has 0 aromatic heterocycles. The standard InChI is InChI=1S/C19H22F2N4O.HI/c1-2-22-19(25-13-15-12-16(20)8-9-17(15)21)24-11-10-23-18(26)14-6-4-3-5-7-14;/h3-9,12H,2,10-11,13H2,1H3,(H,23,26)(H2,22,24,25);1H. The van der Waals surface area contributed by atoms with E-state index >= 15 is 0 Å². The van der Waals surface area contributed by atoms with Crippen LogP contribution in [0.2, 0.25) is 0 Å². The SMILES string of the molecule is CCNC(=NCc1cc(F)ccc1F)NCCNC(=O)c1ccccc1.I. The maximum absolute atomic E-state index is 13.6. The lowest BCUT2D eigenvalue weighted by atomic mass is 10.2. The molecule has 0 atom stereocenters. The van der Waals surface area contributed by atoms with Gasteiger partial charge in [-0.1, -0.05) is 18.2 Å². The van der Waals surface area contributed by atoms with Crippen molar-refractivity contribution in [1.82, 2.24) is 16.0 Å². The first-order valence-corrected chi connectivity index (χ1v) is 8.39. The van der Waals surface area contributed by atoms with Gasteiger partial charge in [0.2, 0.25) is 0 Å². The van der Waals surface area contributed by atoms with Crippen LogP contribution in [0.3, 0.4) is 0 Å². The molecule has 2 aromatic rings. The zero-order valence-electron chi connectivity index (χ0n) is 15.0. The molecule has 0 heterocycles. The fourth-order valence-corrected chi connectivity index (χ4v) is 2.22. The van der Waals surface area contributed by atoms with E-state index in [2.05, 4.69) is 20.9 Å². The van der Waals surface area contributed by atoms with Gasteiger partial charge < -0.3 is 16.0 Å². The van der Waals surface area contributed by atoms with E-state index < -0.39 is 11.6 Å². The Morgan fingerprint density at radius 3 is 2.41 bits per heavy atom. The van der Waals surface area contributed by atoms with Crippen LogP contribution in [0, 0.1) is 11.6 Å². The first-order chi connectivity index (χ1) is 12.6. The molecule has 5 nitrogen and oxygen atoms in total. The molecule has 8 heteroatoms. The lowest BCUT2D eigenvalue weighted by Gasteiger charge is -2.12. The van der Waals surface area contributed by atoms with Gasteiger partial charge in [0.25, 0.3) is 5.91 Å². The number of nitrogens with zero attached hydrogens (tertiary/aromatic N) is 1. The quantitative estimate of drug-likeness (QED) is 0.243. The Labute approximate surface area is 174 Å². The number of aliphatic imine (C=N–C) groups is 1. The summed E-state index contributed by atoms with van der Waals surface area (Å²) in [4.78, 5) is 16.2. The zero-order valence-corrected chi connectivity index (χ0v) is 17.3. The molecule has 0 fully saturated rings. The van der Waals surface area contributed by atoms with Gasteiger partial charge in [0.15, 0.2) is 5.96 Å². The first-order valence-electron chi connectivity index (χ1n) is 8.39. The molecule has 0 aliphatic carbocycles. The second-order valence-corrected chi connectivity index (χ2v) is 5.48. The molecule has 146 valence electrons. The van der Waals surface area contributed by atoms with Crippen molar-refractivity contribution in [2.75, 3.05) is 19.6 Å². The van der Waals surface area contributed by atoms with Gasteiger partial charge in [0.1, 0.15) is 11.6 Å². The fraction of sp³-hybridized carbons (Fsp3) is 0.263. The van der Waals surface area contributed by atoms with Gasteiger partial charge in [-0.25, -0.2) is 13.8 Å². The molecule has 27 heavy (non-hydrogen) atoms. The smallest absolute Gasteiger partial charge is 0.251 e. The predicted octanol–water partition coefficient (Wildman–Crippen LogP) is 3.07. The van der Waals surface area contributed by atoms with Crippen LogP contribution in [0.25, 0.3) is 0 Å². The normalized spacial score (nSPS) is 10.7. The Bertz CT molecular complexity index is 757. The third-order valence-corrected chi connectivity index (χ3v) is 3.50. The highest BCUT2D eigenvalue weighted by molar-refractivity contribution is 14.0. The minimum atomic E-state index is -0.502. The highest BCUT2D eigenvalue weighted by Crippen LogP contribution is 2.10. The van der Waals surface area contributed by atoms with E-state index in [1.165, 1.54) is 0 Å². The minimum Gasteiger partial charge on any atom is -0.357 e. The molecule has 0 saturated carbocycles. The van der Waals surface area contributed by atoms with Crippen molar-refractivity contribution in [3.05, 3.63) is 71.3 Å². The summed E-state index contributed by atoms with van der Waals surface area (Å²) < 4.78 is 26.8. The van der Waals surface area contributed by atoms with Crippen LogP contribution in [0.1, 0.15) is 22.8 Å². The maximum atomic E-state index is 13.6. The number of hydrogen-bond donors (Lipinski definition) is 3. The summed E-state index contributed by atoms with van der Waals surface area (Å²) in [6, 6.07) is 12.2. The molecule has 0 saturated heterocycles. The van der Waals surface area contributed by atoms with Gasteiger partial charge in [-0.15, -0.1) is 24.0 Å². The Morgan fingerprint density at radius 1 is 1.00 bits per heavy atom.